The highest BCUT2D eigenvalue weighted by atomic mass is 16.5. The van der Waals surface area contributed by atoms with Crippen molar-refractivity contribution in [2.45, 2.75) is 26.5 Å². The van der Waals surface area contributed by atoms with Crippen LogP contribution in [0.3, 0.4) is 0 Å². The fourth-order valence-electron chi connectivity index (χ4n) is 3.74. The summed E-state index contributed by atoms with van der Waals surface area (Å²) in [5, 5.41) is 6.00. The Balaban J connectivity index is 1.41. The van der Waals surface area contributed by atoms with Gasteiger partial charge in [-0.3, -0.25) is 9.69 Å². The minimum absolute atomic E-state index is 0.0188. The van der Waals surface area contributed by atoms with Crippen LogP contribution >= 0.6 is 0 Å². The molecule has 1 fully saturated rings. The maximum absolute atomic E-state index is 12.5. The lowest BCUT2D eigenvalue weighted by atomic mass is 10.1. The molecular formula is C24H32N4O3. The molecule has 1 saturated heterocycles. The second-order valence-corrected chi connectivity index (χ2v) is 7.73. The van der Waals surface area contributed by atoms with E-state index in [2.05, 4.69) is 22.5 Å². The Morgan fingerprint density at radius 3 is 2.48 bits per heavy atom. The number of urea groups is 1. The monoisotopic (exact) mass is 424 g/mol. The van der Waals surface area contributed by atoms with Gasteiger partial charge in [0.05, 0.1) is 13.2 Å². The number of rotatable bonds is 8. The van der Waals surface area contributed by atoms with E-state index in [4.69, 9.17) is 4.74 Å². The van der Waals surface area contributed by atoms with E-state index in [0.29, 0.717) is 45.9 Å². The zero-order chi connectivity index (χ0) is 22.1. The molecule has 0 aromatic heterocycles. The fourth-order valence-corrected chi connectivity index (χ4v) is 3.74. The van der Waals surface area contributed by atoms with E-state index in [9.17, 15) is 9.59 Å². The maximum atomic E-state index is 12.5. The van der Waals surface area contributed by atoms with Crippen LogP contribution in [0, 0.1) is 0 Å². The number of hydrogen-bond donors (Lipinski definition) is 2. The van der Waals surface area contributed by atoms with Gasteiger partial charge in [0.1, 0.15) is 0 Å². The van der Waals surface area contributed by atoms with Gasteiger partial charge in [-0.05, 0) is 29.2 Å². The van der Waals surface area contributed by atoms with Crippen molar-refractivity contribution >= 4 is 17.6 Å². The lowest BCUT2D eigenvalue weighted by Crippen LogP contribution is -2.52. The van der Waals surface area contributed by atoms with Crippen LogP contribution in [-0.4, -0.2) is 61.6 Å². The molecule has 0 radical (unpaired) electrons. The predicted octanol–water partition coefficient (Wildman–Crippen LogP) is 2.86. The molecule has 1 aliphatic heterocycles. The van der Waals surface area contributed by atoms with E-state index in [1.165, 1.54) is 0 Å². The summed E-state index contributed by atoms with van der Waals surface area (Å²) in [7, 11) is 1.67. The number of nitrogens with zero attached hydrogens (tertiary/aromatic N) is 2. The number of ether oxygens (including phenoxy) is 1. The van der Waals surface area contributed by atoms with E-state index < -0.39 is 0 Å². The molecule has 0 aliphatic carbocycles. The Hall–Kier alpha value is -2.90. The number of anilines is 1. The zero-order valence-electron chi connectivity index (χ0n) is 18.4. The third-order valence-electron chi connectivity index (χ3n) is 5.45. The van der Waals surface area contributed by atoms with Gasteiger partial charge in [0.15, 0.2) is 0 Å². The molecule has 2 aromatic carbocycles. The molecule has 31 heavy (non-hydrogen) atoms. The van der Waals surface area contributed by atoms with Crippen molar-refractivity contribution < 1.29 is 14.3 Å². The van der Waals surface area contributed by atoms with E-state index in [1.807, 2.05) is 48.5 Å². The number of amides is 3. The van der Waals surface area contributed by atoms with Crippen molar-refractivity contribution in [3.63, 3.8) is 0 Å². The van der Waals surface area contributed by atoms with Crippen molar-refractivity contribution in [3.05, 3.63) is 65.2 Å². The van der Waals surface area contributed by atoms with E-state index in [-0.39, 0.29) is 11.9 Å². The Bertz CT molecular complexity index is 879. The lowest BCUT2D eigenvalue weighted by Gasteiger charge is -2.34. The topological polar surface area (TPSA) is 73.9 Å². The molecule has 0 bridgehead atoms. The van der Waals surface area contributed by atoms with Crippen LogP contribution in [0.25, 0.3) is 0 Å². The molecule has 0 atom stereocenters. The smallest absolute Gasteiger partial charge is 0.317 e. The second-order valence-electron chi connectivity index (χ2n) is 7.73. The molecule has 166 valence electrons. The zero-order valence-corrected chi connectivity index (χ0v) is 18.4. The number of hydrogen-bond acceptors (Lipinski definition) is 4. The Morgan fingerprint density at radius 1 is 1.00 bits per heavy atom. The highest BCUT2D eigenvalue weighted by molar-refractivity contribution is 5.93. The summed E-state index contributed by atoms with van der Waals surface area (Å²) < 4.78 is 5.16. The van der Waals surface area contributed by atoms with Gasteiger partial charge in [-0.25, -0.2) is 4.79 Å². The molecule has 1 heterocycles. The maximum Gasteiger partial charge on any atom is 0.317 e. The Labute approximate surface area is 184 Å². The number of benzene rings is 2. The molecule has 2 N–H and O–H groups in total. The normalized spacial score (nSPS) is 14.3. The first-order valence-electron chi connectivity index (χ1n) is 10.8. The van der Waals surface area contributed by atoms with E-state index in [0.717, 1.165) is 28.8 Å². The van der Waals surface area contributed by atoms with Gasteiger partial charge < -0.3 is 20.3 Å². The lowest BCUT2D eigenvalue weighted by molar-refractivity contribution is -0.117. The summed E-state index contributed by atoms with van der Waals surface area (Å²) in [6.07, 6.45) is 0.876. The number of aryl methyl sites for hydroxylation is 1. The first-order chi connectivity index (χ1) is 15.1. The quantitative estimate of drug-likeness (QED) is 0.683. The van der Waals surface area contributed by atoms with Crippen molar-refractivity contribution in [1.82, 2.24) is 15.1 Å². The summed E-state index contributed by atoms with van der Waals surface area (Å²) in [6.45, 7) is 6.02. The predicted molar refractivity (Wildman–Crippen MR) is 122 cm³/mol. The average molecular weight is 425 g/mol. The number of carbonyl (C=O) groups is 2. The van der Waals surface area contributed by atoms with Gasteiger partial charge in [0.2, 0.25) is 5.91 Å². The summed E-state index contributed by atoms with van der Waals surface area (Å²) >= 11 is 0. The van der Waals surface area contributed by atoms with Gasteiger partial charge in [0, 0.05) is 45.5 Å². The van der Waals surface area contributed by atoms with Gasteiger partial charge in [0.25, 0.3) is 0 Å². The first kappa shape index (κ1) is 22.8. The summed E-state index contributed by atoms with van der Waals surface area (Å²) in [6, 6.07) is 15.8. The van der Waals surface area contributed by atoms with Crippen molar-refractivity contribution in [2.75, 3.05) is 45.2 Å². The van der Waals surface area contributed by atoms with Gasteiger partial charge in [-0.2, -0.15) is 0 Å². The van der Waals surface area contributed by atoms with Crippen molar-refractivity contribution in [3.8, 4) is 0 Å². The van der Waals surface area contributed by atoms with Crippen molar-refractivity contribution in [2.24, 2.45) is 0 Å². The minimum atomic E-state index is -0.0712. The molecular weight excluding hydrogens is 392 g/mol. The largest absolute Gasteiger partial charge is 0.380 e. The number of nitrogens with one attached hydrogen (secondary N) is 2. The number of carbonyl (C=O) groups excluding carboxylic acids is 2. The standard InChI is InChI=1S/C24H32N4O3/c1-3-21-9-4-5-10-22(21)26-23(29)17-27-11-13-28(14-12-27)24(30)25-16-19-7-6-8-20(15-19)18-31-2/h4-10,15H,3,11-14,16-18H2,1-2H3,(H,25,30)(H,26,29). The highest BCUT2D eigenvalue weighted by Gasteiger charge is 2.22. The first-order valence-corrected chi connectivity index (χ1v) is 10.8. The SMILES string of the molecule is CCc1ccccc1NC(=O)CN1CCN(C(=O)NCc2cccc(COC)c2)CC1. The van der Waals surface area contributed by atoms with Crippen molar-refractivity contribution in [1.29, 1.82) is 0 Å². The van der Waals surface area contributed by atoms with Crippen LogP contribution in [-0.2, 0) is 29.1 Å². The van der Waals surface area contributed by atoms with Crippen LogP contribution in [0.2, 0.25) is 0 Å². The highest BCUT2D eigenvalue weighted by Crippen LogP contribution is 2.15. The summed E-state index contributed by atoms with van der Waals surface area (Å²) in [4.78, 5) is 28.8. The van der Waals surface area contributed by atoms with Crippen LogP contribution in [0.5, 0.6) is 0 Å². The molecule has 7 heteroatoms. The molecule has 7 nitrogen and oxygen atoms in total. The molecule has 2 aromatic rings. The Morgan fingerprint density at radius 2 is 1.74 bits per heavy atom. The third kappa shape index (κ3) is 6.80. The summed E-state index contributed by atoms with van der Waals surface area (Å²) in [5.74, 6) is -0.0188. The van der Waals surface area contributed by atoms with Gasteiger partial charge in [-0.1, -0.05) is 49.4 Å². The Kier molecular flexibility index (Phi) is 8.44. The summed E-state index contributed by atoms with van der Waals surface area (Å²) in [5.41, 5.74) is 4.14. The van der Waals surface area contributed by atoms with Gasteiger partial charge in [-0.15, -0.1) is 0 Å². The molecule has 0 unspecified atom stereocenters. The third-order valence-corrected chi connectivity index (χ3v) is 5.45. The number of para-hydroxylation sites is 1. The molecule has 3 amide bonds. The molecule has 0 spiro atoms. The molecule has 0 saturated carbocycles. The van der Waals surface area contributed by atoms with Crippen LogP contribution in [0.4, 0.5) is 10.5 Å². The fraction of sp³-hybridized carbons (Fsp3) is 0.417. The molecule has 1 aliphatic rings. The second kappa shape index (κ2) is 11.5. The number of methoxy groups -OCH3 is 1. The average Bonchev–Trinajstić information content (AvgIpc) is 2.79. The minimum Gasteiger partial charge on any atom is -0.380 e. The molecule has 3 rings (SSSR count). The van der Waals surface area contributed by atoms with Gasteiger partial charge >= 0.3 is 6.03 Å². The van der Waals surface area contributed by atoms with Crippen LogP contribution in [0.1, 0.15) is 23.6 Å². The van der Waals surface area contributed by atoms with Crippen LogP contribution in [0.15, 0.2) is 48.5 Å². The number of piperazine rings is 1. The van der Waals surface area contributed by atoms with E-state index in [1.54, 1.807) is 12.0 Å². The van der Waals surface area contributed by atoms with E-state index >= 15 is 0 Å². The van der Waals surface area contributed by atoms with Crippen LogP contribution < -0.4 is 10.6 Å².